The number of imide groups is 1. The van der Waals surface area contributed by atoms with E-state index in [0.717, 1.165) is 16.5 Å². The van der Waals surface area contributed by atoms with Crippen molar-refractivity contribution in [1.82, 2.24) is 25.3 Å². The molecule has 0 spiro atoms. The lowest BCUT2D eigenvalue weighted by Crippen LogP contribution is -2.56. The Bertz CT molecular complexity index is 2040. The van der Waals surface area contributed by atoms with Crippen molar-refractivity contribution in [2.24, 2.45) is 5.73 Å². The van der Waals surface area contributed by atoms with Crippen molar-refractivity contribution in [2.45, 2.75) is 43.8 Å². The van der Waals surface area contributed by atoms with E-state index in [9.17, 15) is 53.1 Å². The Kier molecular flexibility index (Phi) is 10.8. The monoisotopic (exact) mass is 770 g/mol. The number of hydrogen-bond donors (Lipinski definition) is 7. The molecule has 0 bridgehead atoms. The third-order valence-corrected chi connectivity index (χ3v) is 10.1. The Morgan fingerprint density at radius 2 is 1.74 bits per heavy atom. The van der Waals surface area contributed by atoms with Gasteiger partial charge in [-0.15, -0.1) is 0 Å². The molecule has 284 valence electrons. The molecule has 0 radical (unpaired) electrons. The van der Waals surface area contributed by atoms with Gasteiger partial charge < -0.3 is 51.2 Å². The number of carboxylic acid groups (broad SMARTS) is 1. The molecule has 16 nitrogen and oxygen atoms in total. The lowest BCUT2D eigenvalue weighted by atomic mass is 9.72. The fourth-order valence-electron chi connectivity index (χ4n) is 6.82. The van der Waals surface area contributed by atoms with Crippen molar-refractivity contribution in [3.8, 4) is 17.2 Å². The zero-order valence-corrected chi connectivity index (χ0v) is 29.1. The van der Waals surface area contributed by atoms with Crippen LogP contribution >= 0.6 is 11.6 Å². The van der Waals surface area contributed by atoms with Crippen LogP contribution in [0.2, 0.25) is 5.02 Å². The Balaban J connectivity index is 1.16. The molecule has 2 saturated heterocycles. The van der Waals surface area contributed by atoms with Crippen molar-refractivity contribution >= 4 is 48.6 Å². The summed E-state index contributed by atoms with van der Waals surface area (Å²) in [5.41, 5.74) is 5.75. The highest BCUT2D eigenvalue weighted by Gasteiger charge is 2.43. The molecular weight excluding hydrogens is 737 g/mol. The number of carbonyl (C=O) groups excluding carboxylic acids is 4. The summed E-state index contributed by atoms with van der Waals surface area (Å²) < 4.78 is 34.2. The lowest BCUT2D eigenvalue weighted by Gasteiger charge is -2.36. The number of halogens is 3. The van der Waals surface area contributed by atoms with Gasteiger partial charge in [-0.25, -0.2) is 28.1 Å². The summed E-state index contributed by atoms with van der Waals surface area (Å²) in [5.74, 6) is -9.67. The van der Waals surface area contributed by atoms with E-state index in [4.69, 9.17) is 22.0 Å². The van der Waals surface area contributed by atoms with Gasteiger partial charge in [0.05, 0.1) is 11.0 Å². The van der Waals surface area contributed by atoms with Crippen molar-refractivity contribution in [3.05, 3.63) is 86.9 Å². The van der Waals surface area contributed by atoms with Gasteiger partial charge >= 0.3 is 25.1 Å². The molecule has 8 N–H and O–H groups in total. The summed E-state index contributed by atoms with van der Waals surface area (Å²) in [6.45, 7) is 0.985. The molecule has 6 rings (SSSR count). The number of carboxylic acids is 1. The number of aromatic hydroxyl groups is 2. The fraction of sp³-hybridized carbons (Fsp3) is 0.324. The second-order valence-corrected chi connectivity index (χ2v) is 13.3. The number of benzene rings is 3. The molecule has 0 saturated carbocycles. The second kappa shape index (κ2) is 15.4. The number of fused-ring (bicyclic) bond motifs is 1. The van der Waals surface area contributed by atoms with Gasteiger partial charge in [0.25, 0.3) is 5.91 Å². The quantitative estimate of drug-likeness (QED) is 0.129. The number of nitrogens with zero attached hydrogens (tertiary/aromatic N) is 3. The number of amides is 6. The number of likely N-dealkylation sites (tertiary alicyclic amines) is 1. The number of phenolic OH excluding ortho intramolecular Hbond substituents is 2. The first-order valence-electron chi connectivity index (χ1n) is 16.8. The van der Waals surface area contributed by atoms with Crippen LogP contribution in [0.3, 0.4) is 0 Å². The first kappa shape index (κ1) is 38.1. The number of piperidine rings is 1. The van der Waals surface area contributed by atoms with Crippen LogP contribution in [0.4, 0.5) is 18.4 Å². The van der Waals surface area contributed by atoms with Crippen LogP contribution in [0.5, 0.6) is 17.2 Å². The highest BCUT2D eigenvalue weighted by molar-refractivity contribution is 6.47. The van der Waals surface area contributed by atoms with Gasteiger partial charge in [0.15, 0.2) is 17.3 Å². The number of hydrogen-bond acceptors (Lipinski definition) is 10. The molecule has 3 aromatic carbocycles. The number of nitrogens with one attached hydrogen (secondary N) is 2. The number of rotatable bonds is 8. The predicted octanol–water partition coefficient (Wildman–Crippen LogP) is 2.12. The largest absolute Gasteiger partial charge is 0.547 e. The molecule has 0 aromatic heterocycles. The summed E-state index contributed by atoms with van der Waals surface area (Å²) in [6, 6.07) is 5.58. The maximum Gasteiger partial charge on any atom is 0.547 e. The highest BCUT2D eigenvalue weighted by Crippen LogP contribution is 2.41. The van der Waals surface area contributed by atoms with E-state index in [1.165, 1.54) is 11.0 Å². The smallest absolute Gasteiger partial charge is 0.534 e. The SMILES string of the molecule is NCc1cccc(C(=O)N2CCC(N3CCN(C(=O)NC(C(=O)N[C@H]4Cc5ccc(F)c(C(=O)O)c5OB4O)c4cc(F)c(O)c(O)c4Cl)C3=O)CC2)c1. The second-order valence-electron chi connectivity index (χ2n) is 12.9. The Labute approximate surface area is 311 Å². The normalized spacial score (nSPS) is 17.9. The van der Waals surface area contributed by atoms with Crippen molar-refractivity contribution in [2.75, 3.05) is 26.2 Å². The van der Waals surface area contributed by atoms with Crippen LogP contribution in [-0.4, -0.2) is 110 Å². The molecule has 1 unspecified atom stereocenters. The summed E-state index contributed by atoms with van der Waals surface area (Å²) >= 11 is 6.20. The van der Waals surface area contributed by atoms with Crippen molar-refractivity contribution < 1.29 is 57.8 Å². The van der Waals surface area contributed by atoms with E-state index in [0.29, 0.717) is 37.6 Å². The van der Waals surface area contributed by atoms with Crippen molar-refractivity contribution in [3.63, 3.8) is 0 Å². The maximum absolute atomic E-state index is 14.7. The molecule has 3 aliphatic heterocycles. The number of phenols is 2. The standard InChI is InChI=1S/C34H34BClF2N6O10/c36-25-20(14-22(38)27(45)28(25)46)26(30(47)40-23-13-17-4-5-21(37)24(32(49)50)29(17)54-35(23)53)41-33(51)44-11-10-43(34(44)52)19-6-8-42(9-7-19)31(48)18-3-1-2-16(12-18)15-39/h1-5,12,14,19,23,26,45-46,53H,6-11,13,15,39H2,(H,40,47)(H,41,51)(H,49,50)/t23-,26?/m0/s1. The predicted molar refractivity (Wildman–Crippen MR) is 186 cm³/mol. The molecule has 0 aliphatic carbocycles. The molecule has 3 aliphatic rings. The summed E-state index contributed by atoms with van der Waals surface area (Å²) in [7, 11) is -1.93. The zero-order chi connectivity index (χ0) is 39.0. The Hall–Kier alpha value is -5.66. The fourth-order valence-corrected chi connectivity index (χ4v) is 7.07. The molecule has 2 atom stereocenters. The average Bonchev–Trinajstić information content (AvgIpc) is 3.55. The van der Waals surface area contributed by atoms with Crippen LogP contribution in [0.25, 0.3) is 0 Å². The van der Waals surface area contributed by atoms with Crippen LogP contribution in [0.15, 0.2) is 42.5 Å². The van der Waals surface area contributed by atoms with E-state index < -0.39 is 88.1 Å². The Morgan fingerprint density at radius 1 is 1.02 bits per heavy atom. The van der Waals surface area contributed by atoms with Gasteiger partial charge in [-0.1, -0.05) is 29.8 Å². The van der Waals surface area contributed by atoms with Crippen LogP contribution in [0.1, 0.15) is 56.3 Å². The summed E-state index contributed by atoms with van der Waals surface area (Å²) in [6.07, 6.45) is 0.563. The number of aromatic carboxylic acids is 1. The number of nitrogens with two attached hydrogens (primary N) is 1. The number of carbonyl (C=O) groups is 5. The van der Waals surface area contributed by atoms with Gasteiger partial charge in [-0.2, -0.15) is 0 Å². The minimum Gasteiger partial charge on any atom is -0.534 e. The van der Waals surface area contributed by atoms with Crippen LogP contribution < -0.4 is 21.0 Å². The molecule has 6 amide bonds. The molecule has 3 aromatic rings. The van der Waals surface area contributed by atoms with Crippen LogP contribution in [0, 0.1) is 11.6 Å². The third-order valence-electron chi connectivity index (χ3n) is 9.68. The van der Waals surface area contributed by atoms with Gasteiger partial charge in [0, 0.05) is 49.9 Å². The lowest BCUT2D eigenvalue weighted by molar-refractivity contribution is -0.123. The first-order chi connectivity index (χ1) is 25.7. The molecular formula is C34H34BClF2N6O10. The third kappa shape index (κ3) is 7.29. The molecule has 20 heteroatoms. The number of urea groups is 2. The van der Waals surface area contributed by atoms with Gasteiger partial charge in [-0.3, -0.25) is 9.59 Å². The minimum absolute atomic E-state index is 0.107. The topological polar surface area (TPSA) is 235 Å². The molecule has 2 fully saturated rings. The Morgan fingerprint density at radius 3 is 2.43 bits per heavy atom. The van der Waals surface area contributed by atoms with E-state index in [2.05, 4.69) is 10.6 Å². The summed E-state index contributed by atoms with van der Waals surface area (Å²) in [5, 5.41) is 44.3. The van der Waals surface area contributed by atoms with E-state index >= 15 is 0 Å². The zero-order valence-electron chi connectivity index (χ0n) is 28.3. The minimum atomic E-state index is -1.95. The summed E-state index contributed by atoms with van der Waals surface area (Å²) in [4.78, 5) is 69.7. The van der Waals surface area contributed by atoms with E-state index in [-0.39, 0.29) is 43.6 Å². The van der Waals surface area contributed by atoms with Gasteiger partial charge in [0.2, 0.25) is 5.91 Å². The first-order valence-corrected chi connectivity index (χ1v) is 17.1. The van der Waals surface area contributed by atoms with Crippen LogP contribution in [-0.2, 0) is 17.8 Å². The maximum atomic E-state index is 14.7. The molecule has 3 heterocycles. The van der Waals surface area contributed by atoms with E-state index in [1.807, 2.05) is 6.07 Å². The molecule has 54 heavy (non-hydrogen) atoms. The van der Waals surface area contributed by atoms with Gasteiger partial charge in [-0.05, 0) is 54.7 Å². The van der Waals surface area contributed by atoms with E-state index in [1.54, 1.807) is 23.1 Å². The average molecular weight is 771 g/mol. The van der Waals surface area contributed by atoms with Gasteiger partial charge in [0.1, 0.15) is 23.2 Å². The van der Waals surface area contributed by atoms with Crippen molar-refractivity contribution in [1.29, 1.82) is 0 Å². The highest BCUT2D eigenvalue weighted by atomic mass is 35.5.